The number of amidine groups is 1. The van der Waals surface area contributed by atoms with Crippen LogP contribution in [0.4, 0.5) is 0 Å². The van der Waals surface area contributed by atoms with Crippen LogP contribution in [0.2, 0.25) is 0 Å². The third-order valence-electron chi connectivity index (χ3n) is 4.48. The molecule has 3 rings (SSSR count). The van der Waals surface area contributed by atoms with Gasteiger partial charge in [0.2, 0.25) is 0 Å². The molecule has 6 nitrogen and oxygen atoms in total. The second kappa shape index (κ2) is 3.03. The first-order valence-electron chi connectivity index (χ1n) is 6.10. The van der Waals surface area contributed by atoms with Gasteiger partial charge in [-0.15, -0.1) is 0 Å². The lowest BCUT2D eigenvalue weighted by Crippen LogP contribution is -2.90. The highest BCUT2D eigenvalue weighted by Gasteiger charge is 2.96. The summed E-state index contributed by atoms with van der Waals surface area (Å²) >= 11 is 0. The predicted molar refractivity (Wildman–Crippen MR) is 59.3 cm³/mol. The second-order valence-corrected chi connectivity index (χ2v) is 5.20. The number of nitrogens with zero attached hydrogens (tertiary/aromatic N) is 2. The number of nitrogens with one attached hydrogen (secondary N) is 1. The summed E-state index contributed by atoms with van der Waals surface area (Å²) in [5, 5.41) is 19.1. The van der Waals surface area contributed by atoms with E-state index in [4.69, 9.17) is 15.2 Å². The fraction of sp³-hybridized carbons (Fsp3) is 0.750. The average molecular weight is 247 g/mol. The number of hydrogen-bond donors (Lipinski definition) is 2. The first kappa shape index (κ1) is 11.5. The summed E-state index contributed by atoms with van der Waals surface area (Å²) in [5.74, 6) is -1.10. The molecule has 0 bridgehead atoms. The number of nitriles is 2. The van der Waals surface area contributed by atoms with Crippen LogP contribution in [0.1, 0.15) is 20.3 Å². The minimum absolute atomic E-state index is 0.122. The van der Waals surface area contributed by atoms with Gasteiger partial charge in [0.15, 0.2) is 10.8 Å². The van der Waals surface area contributed by atoms with Gasteiger partial charge in [0, 0.05) is 5.92 Å². The first-order valence-corrected chi connectivity index (χ1v) is 6.10. The summed E-state index contributed by atoms with van der Waals surface area (Å²) in [4.78, 5) is 2.91. The Bertz CT molecular complexity index is 533. The quantitative estimate of drug-likeness (QED) is 0.592. The van der Waals surface area contributed by atoms with E-state index in [0.717, 1.165) is 0 Å². The molecule has 0 radical (unpaired) electrons. The topological polar surface area (TPSA) is 106 Å². The molecule has 18 heavy (non-hydrogen) atoms. The monoisotopic (exact) mass is 247 g/mol. The van der Waals surface area contributed by atoms with Crippen molar-refractivity contribution in [3.63, 3.8) is 0 Å². The Morgan fingerprint density at radius 3 is 2.61 bits per heavy atom. The van der Waals surface area contributed by atoms with Gasteiger partial charge in [-0.2, -0.15) is 10.5 Å². The van der Waals surface area contributed by atoms with Crippen molar-refractivity contribution < 1.29 is 14.5 Å². The van der Waals surface area contributed by atoms with Crippen molar-refractivity contribution in [2.24, 2.45) is 22.5 Å². The van der Waals surface area contributed by atoms with Crippen LogP contribution in [0, 0.1) is 39.4 Å². The Hall–Kier alpha value is -1.63. The first-order chi connectivity index (χ1) is 8.54. The SMILES string of the molecule is CC[C@@H]1[C@@]2(C#N)[C@@]3([NH+]=C(N)[C@@]12C#N)OC[C@H](C)O3. The molecule has 0 unspecified atom stereocenters. The lowest BCUT2D eigenvalue weighted by Gasteiger charge is -2.23. The maximum Gasteiger partial charge on any atom is 0.343 e. The summed E-state index contributed by atoms with van der Waals surface area (Å²) in [5.41, 5.74) is 3.95. The lowest BCUT2D eigenvalue weighted by atomic mass is 9.94. The van der Waals surface area contributed by atoms with E-state index >= 15 is 0 Å². The molecule has 1 saturated heterocycles. The second-order valence-electron chi connectivity index (χ2n) is 5.20. The van der Waals surface area contributed by atoms with E-state index in [1.165, 1.54) is 0 Å². The van der Waals surface area contributed by atoms with Gasteiger partial charge in [-0.1, -0.05) is 6.92 Å². The predicted octanol–water partition coefficient (Wildman–Crippen LogP) is -1.41. The molecule has 0 aromatic heterocycles. The van der Waals surface area contributed by atoms with E-state index in [-0.39, 0.29) is 12.0 Å². The third kappa shape index (κ3) is 0.808. The van der Waals surface area contributed by atoms with Gasteiger partial charge in [0.1, 0.15) is 0 Å². The van der Waals surface area contributed by atoms with Crippen molar-refractivity contribution in [1.82, 2.24) is 0 Å². The van der Waals surface area contributed by atoms with E-state index in [1.54, 1.807) is 0 Å². The molecule has 2 heterocycles. The zero-order valence-electron chi connectivity index (χ0n) is 10.4. The van der Waals surface area contributed by atoms with Crippen LogP contribution in [-0.2, 0) is 9.47 Å². The number of fused-ring (bicyclic) bond motifs is 2. The van der Waals surface area contributed by atoms with E-state index < -0.39 is 16.7 Å². The van der Waals surface area contributed by atoms with Crippen molar-refractivity contribution in [2.45, 2.75) is 32.3 Å². The highest BCUT2D eigenvalue weighted by Crippen LogP contribution is 2.75. The van der Waals surface area contributed by atoms with Crippen molar-refractivity contribution in [2.75, 3.05) is 6.61 Å². The zero-order chi connectivity index (χ0) is 13.2. The Morgan fingerprint density at radius 2 is 2.22 bits per heavy atom. The van der Waals surface area contributed by atoms with Gasteiger partial charge < -0.3 is 9.47 Å². The maximum atomic E-state index is 9.62. The molecule has 0 amide bonds. The summed E-state index contributed by atoms with van der Waals surface area (Å²) in [6, 6.07) is 4.47. The molecule has 3 N–H and O–H groups in total. The fourth-order valence-electron chi connectivity index (χ4n) is 3.75. The molecular weight excluding hydrogens is 232 g/mol. The van der Waals surface area contributed by atoms with Gasteiger partial charge in [0.25, 0.3) is 5.84 Å². The Kier molecular flexibility index (Phi) is 1.93. The molecule has 3 aliphatic rings. The number of rotatable bonds is 1. The highest BCUT2D eigenvalue weighted by atomic mass is 16.8. The van der Waals surface area contributed by atoms with E-state index in [2.05, 4.69) is 17.1 Å². The fourth-order valence-corrected chi connectivity index (χ4v) is 3.75. The van der Waals surface area contributed by atoms with Crippen molar-refractivity contribution in [3.8, 4) is 12.1 Å². The normalized spacial score (nSPS) is 52.6. The molecule has 2 fully saturated rings. The summed E-state index contributed by atoms with van der Waals surface area (Å²) in [6.45, 7) is 4.20. The number of nitrogens with two attached hydrogens (primary N) is 1. The average Bonchev–Trinajstić information content (AvgIpc) is 2.73. The minimum atomic E-state index is -1.25. The molecule has 1 aliphatic carbocycles. The van der Waals surface area contributed by atoms with Crippen LogP contribution < -0.4 is 10.7 Å². The molecule has 2 aliphatic heterocycles. The molecule has 5 atom stereocenters. The lowest BCUT2D eigenvalue weighted by molar-refractivity contribution is -0.678. The van der Waals surface area contributed by atoms with Crippen LogP contribution in [-0.4, -0.2) is 24.5 Å². The summed E-state index contributed by atoms with van der Waals surface area (Å²) < 4.78 is 11.5. The van der Waals surface area contributed by atoms with Crippen molar-refractivity contribution >= 4 is 5.84 Å². The summed E-state index contributed by atoms with van der Waals surface area (Å²) in [6.07, 6.45) is 0.565. The van der Waals surface area contributed by atoms with E-state index in [1.807, 2.05) is 13.8 Å². The van der Waals surface area contributed by atoms with Crippen LogP contribution in [0.3, 0.4) is 0 Å². The number of ether oxygens (including phenoxy) is 2. The minimum Gasteiger partial charge on any atom is -0.311 e. The van der Waals surface area contributed by atoms with Crippen molar-refractivity contribution in [1.29, 1.82) is 10.5 Å². The molecular formula is C12H15N4O2+. The van der Waals surface area contributed by atoms with Crippen LogP contribution in [0.5, 0.6) is 0 Å². The van der Waals surface area contributed by atoms with Crippen LogP contribution in [0.15, 0.2) is 0 Å². The molecule has 0 aromatic carbocycles. The molecule has 6 heteroatoms. The van der Waals surface area contributed by atoms with Gasteiger partial charge in [-0.25, -0.2) is 4.99 Å². The van der Waals surface area contributed by atoms with Gasteiger partial charge in [-0.05, 0) is 13.3 Å². The summed E-state index contributed by atoms with van der Waals surface area (Å²) in [7, 11) is 0. The zero-order valence-corrected chi connectivity index (χ0v) is 10.4. The number of hydrogen-bond acceptors (Lipinski definition) is 5. The molecule has 1 saturated carbocycles. The molecule has 94 valence electrons. The van der Waals surface area contributed by atoms with Gasteiger partial charge in [-0.3, -0.25) is 5.73 Å². The Morgan fingerprint density at radius 1 is 1.50 bits per heavy atom. The standard InChI is InChI=1S/C12H14N4O2/c1-3-8-10(5-13)9(15)16-12(11(8,10)6-14)17-4-7(2)18-12/h7-8H,3-4H2,1-2H3,(H2,15,16)/p+1/t7-,8-,10+,11+,12+/m0/s1. The Labute approximate surface area is 105 Å². The molecule has 0 aromatic rings. The molecule has 1 spiro atoms. The van der Waals surface area contributed by atoms with E-state index in [0.29, 0.717) is 18.9 Å². The van der Waals surface area contributed by atoms with E-state index in [9.17, 15) is 10.5 Å². The van der Waals surface area contributed by atoms with Gasteiger partial charge >= 0.3 is 5.91 Å². The van der Waals surface area contributed by atoms with Crippen LogP contribution >= 0.6 is 0 Å². The highest BCUT2D eigenvalue weighted by molar-refractivity contribution is 5.93. The third-order valence-corrected chi connectivity index (χ3v) is 4.48. The van der Waals surface area contributed by atoms with Gasteiger partial charge in [0.05, 0.1) is 24.8 Å². The smallest absolute Gasteiger partial charge is 0.311 e. The van der Waals surface area contributed by atoms with Crippen LogP contribution in [0.25, 0.3) is 0 Å². The Balaban J connectivity index is 2.17. The largest absolute Gasteiger partial charge is 0.343 e. The maximum absolute atomic E-state index is 9.62. The van der Waals surface area contributed by atoms with Crippen molar-refractivity contribution in [3.05, 3.63) is 0 Å².